The van der Waals surface area contributed by atoms with Gasteiger partial charge in [0.1, 0.15) is 0 Å². The first-order valence-electron chi connectivity index (χ1n) is 6.92. The number of nitrogens with two attached hydrogens (primary N) is 1. The van der Waals surface area contributed by atoms with Crippen molar-refractivity contribution in [2.45, 2.75) is 38.5 Å². The van der Waals surface area contributed by atoms with E-state index in [1.807, 2.05) is 0 Å². The van der Waals surface area contributed by atoms with Crippen LogP contribution in [0.25, 0.3) is 0 Å². The van der Waals surface area contributed by atoms with Gasteiger partial charge in [0.2, 0.25) is 5.91 Å². The standard InChI is InChI=1S/C15H21ClN2O/c1-18(14-10-12(16)8-9-13(14)17)15(19)11-6-4-2-3-5-7-11/h8-11H,2-7,17H2,1H3. The first-order chi connectivity index (χ1) is 9.09. The van der Waals surface area contributed by atoms with Crippen molar-refractivity contribution in [3.63, 3.8) is 0 Å². The van der Waals surface area contributed by atoms with Crippen molar-refractivity contribution in [1.82, 2.24) is 0 Å². The molecule has 2 rings (SSSR count). The Kier molecular flexibility index (Phi) is 4.70. The molecular formula is C15H21ClN2O. The number of hydrogen-bond donors (Lipinski definition) is 1. The van der Waals surface area contributed by atoms with E-state index in [1.165, 1.54) is 12.8 Å². The molecule has 1 fully saturated rings. The molecule has 3 nitrogen and oxygen atoms in total. The summed E-state index contributed by atoms with van der Waals surface area (Å²) in [7, 11) is 1.79. The van der Waals surface area contributed by atoms with E-state index in [0.717, 1.165) is 25.7 Å². The van der Waals surface area contributed by atoms with Gasteiger partial charge in [-0.2, -0.15) is 0 Å². The maximum atomic E-state index is 12.5. The highest BCUT2D eigenvalue weighted by atomic mass is 35.5. The van der Waals surface area contributed by atoms with Gasteiger partial charge in [0, 0.05) is 18.0 Å². The number of hydrogen-bond acceptors (Lipinski definition) is 2. The smallest absolute Gasteiger partial charge is 0.229 e. The predicted molar refractivity (Wildman–Crippen MR) is 80.5 cm³/mol. The summed E-state index contributed by atoms with van der Waals surface area (Å²) in [6.45, 7) is 0. The van der Waals surface area contributed by atoms with Gasteiger partial charge >= 0.3 is 0 Å². The zero-order chi connectivity index (χ0) is 13.8. The first kappa shape index (κ1) is 14.2. The molecule has 1 aromatic rings. The normalized spacial score (nSPS) is 16.9. The van der Waals surface area contributed by atoms with Gasteiger partial charge in [-0.05, 0) is 31.0 Å². The maximum absolute atomic E-state index is 12.5. The third-order valence-electron chi connectivity index (χ3n) is 3.89. The second-order valence-corrected chi connectivity index (χ2v) is 5.73. The van der Waals surface area contributed by atoms with Crippen LogP contribution in [0.1, 0.15) is 38.5 Å². The fourth-order valence-corrected chi connectivity index (χ4v) is 2.89. The number of nitrogens with zero attached hydrogens (tertiary/aromatic N) is 1. The first-order valence-corrected chi connectivity index (χ1v) is 7.30. The van der Waals surface area contributed by atoms with Crippen LogP contribution in [-0.4, -0.2) is 13.0 Å². The molecule has 0 spiro atoms. The molecule has 1 saturated carbocycles. The van der Waals surface area contributed by atoms with E-state index in [2.05, 4.69) is 0 Å². The van der Waals surface area contributed by atoms with E-state index in [9.17, 15) is 4.79 Å². The zero-order valence-corrected chi connectivity index (χ0v) is 12.1. The van der Waals surface area contributed by atoms with E-state index in [4.69, 9.17) is 17.3 Å². The van der Waals surface area contributed by atoms with Gasteiger partial charge in [-0.3, -0.25) is 4.79 Å². The average molecular weight is 281 g/mol. The number of carbonyl (C=O) groups is 1. The third kappa shape index (κ3) is 3.41. The summed E-state index contributed by atoms with van der Waals surface area (Å²) in [5.74, 6) is 0.293. The summed E-state index contributed by atoms with van der Waals surface area (Å²) in [5.41, 5.74) is 7.24. The molecular weight excluding hydrogens is 260 g/mol. The lowest BCUT2D eigenvalue weighted by Crippen LogP contribution is -2.33. The number of rotatable bonds is 2. The Morgan fingerprint density at radius 2 is 1.89 bits per heavy atom. The van der Waals surface area contributed by atoms with Crippen LogP contribution >= 0.6 is 11.6 Å². The van der Waals surface area contributed by atoms with Crippen LogP contribution in [-0.2, 0) is 4.79 Å². The summed E-state index contributed by atoms with van der Waals surface area (Å²) in [6.07, 6.45) is 6.76. The molecule has 0 radical (unpaired) electrons. The van der Waals surface area contributed by atoms with Crippen molar-refractivity contribution in [3.05, 3.63) is 23.2 Å². The Bertz CT molecular complexity index is 453. The number of carbonyl (C=O) groups excluding carboxylic acids is 1. The largest absolute Gasteiger partial charge is 0.397 e. The van der Waals surface area contributed by atoms with Crippen LogP contribution in [0.15, 0.2) is 18.2 Å². The quantitative estimate of drug-likeness (QED) is 0.660. The van der Waals surface area contributed by atoms with Gasteiger partial charge in [-0.15, -0.1) is 0 Å². The van der Waals surface area contributed by atoms with E-state index < -0.39 is 0 Å². The van der Waals surface area contributed by atoms with Crippen molar-refractivity contribution in [3.8, 4) is 0 Å². The highest BCUT2D eigenvalue weighted by Crippen LogP contribution is 2.30. The lowest BCUT2D eigenvalue weighted by Gasteiger charge is -2.24. The van der Waals surface area contributed by atoms with E-state index in [0.29, 0.717) is 16.4 Å². The summed E-state index contributed by atoms with van der Waals surface area (Å²) in [4.78, 5) is 14.2. The molecule has 0 unspecified atom stereocenters. The summed E-state index contributed by atoms with van der Waals surface area (Å²) >= 11 is 5.98. The van der Waals surface area contributed by atoms with Gasteiger partial charge in [0.25, 0.3) is 0 Å². The monoisotopic (exact) mass is 280 g/mol. The summed E-state index contributed by atoms with van der Waals surface area (Å²) in [6, 6.07) is 5.24. The van der Waals surface area contributed by atoms with Gasteiger partial charge < -0.3 is 10.6 Å². The average Bonchev–Trinajstić information content (AvgIpc) is 2.69. The molecule has 0 heterocycles. The van der Waals surface area contributed by atoms with E-state index in [-0.39, 0.29) is 11.8 Å². The van der Waals surface area contributed by atoms with Crippen LogP contribution in [0.4, 0.5) is 11.4 Å². The van der Waals surface area contributed by atoms with Gasteiger partial charge in [-0.25, -0.2) is 0 Å². The van der Waals surface area contributed by atoms with E-state index >= 15 is 0 Å². The van der Waals surface area contributed by atoms with E-state index in [1.54, 1.807) is 30.1 Å². The Balaban J connectivity index is 2.15. The van der Waals surface area contributed by atoms with Crippen molar-refractivity contribution in [2.24, 2.45) is 5.92 Å². The minimum absolute atomic E-state index is 0.130. The molecule has 0 bridgehead atoms. The van der Waals surface area contributed by atoms with Gasteiger partial charge in [0.05, 0.1) is 11.4 Å². The van der Waals surface area contributed by atoms with Gasteiger partial charge in [0.15, 0.2) is 0 Å². The fourth-order valence-electron chi connectivity index (χ4n) is 2.73. The maximum Gasteiger partial charge on any atom is 0.229 e. The highest BCUT2D eigenvalue weighted by Gasteiger charge is 2.24. The zero-order valence-electron chi connectivity index (χ0n) is 11.4. The Morgan fingerprint density at radius 1 is 1.26 bits per heavy atom. The van der Waals surface area contributed by atoms with Gasteiger partial charge in [-0.1, -0.05) is 37.3 Å². The highest BCUT2D eigenvalue weighted by molar-refractivity contribution is 6.31. The number of amides is 1. The van der Waals surface area contributed by atoms with Crippen molar-refractivity contribution in [1.29, 1.82) is 0 Å². The molecule has 1 aromatic carbocycles. The molecule has 2 N–H and O–H groups in total. The summed E-state index contributed by atoms with van der Waals surface area (Å²) < 4.78 is 0. The van der Waals surface area contributed by atoms with Crippen LogP contribution < -0.4 is 10.6 Å². The molecule has 19 heavy (non-hydrogen) atoms. The lowest BCUT2D eigenvalue weighted by atomic mass is 9.98. The lowest BCUT2D eigenvalue weighted by molar-refractivity contribution is -0.122. The molecule has 0 saturated heterocycles. The molecule has 4 heteroatoms. The molecule has 104 valence electrons. The summed E-state index contributed by atoms with van der Waals surface area (Å²) in [5, 5.41) is 0.602. The van der Waals surface area contributed by atoms with Crippen molar-refractivity contribution < 1.29 is 4.79 Å². The molecule has 1 aliphatic rings. The Morgan fingerprint density at radius 3 is 2.53 bits per heavy atom. The van der Waals surface area contributed by atoms with Crippen LogP contribution in [0.5, 0.6) is 0 Å². The predicted octanol–water partition coefficient (Wildman–Crippen LogP) is 3.86. The van der Waals surface area contributed by atoms with Crippen molar-refractivity contribution in [2.75, 3.05) is 17.7 Å². The number of halogens is 1. The van der Waals surface area contributed by atoms with Crippen molar-refractivity contribution >= 4 is 28.9 Å². The number of nitrogen functional groups attached to an aromatic ring is 1. The molecule has 0 aromatic heterocycles. The minimum atomic E-state index is 0.130. The van der Waals surface area contributed by atoms with Crippen LogP contribution in [0, 0.1) is 5.92 Å². The molecule has 1 aliphatic carbocycles. The minimum Gasteiger partial charge on any atom is -0.397 e. The second-order valence-electron chi connectivity index (χ2n) is 5.29. The van der Waals surface area contributed by atoms with Crippen LogP contribution in [0.3, 0.4) is 0 Å². The van der Waals surface area contributed by atoms with Crippen LogP contribution in [0.2, 0.25) is 5.02 Å². The second kappa shape index (κ2) is 6.29. The number of benzene rings is 1. The topological polar surface area (TPSA) is 46.3 Å². The molecule has 0 aliphatic heterocycles. The molecule has 0 atom stereocenters. The molecule has 1 amide bonds. The Hall–Kier alpha value is -1.22. The fraction of sp³-hybridized carbons (Fsp3) is 0.533. The SMILES string of the molecule is CN(C(=O)C1CCCCCC1)c1cc(Cl)ccc1N. The number of anilines is 2. The Labute approximate surface area is 119 Å². The third-order valence-corrected chi connectivity index (χ3v) is 4.12.